The molecule has 0 aliphatic heterocycles. The van der Waals surface area contributed by atoms with Crippen molar-refractivity contribution in [1.29, 1.82) is 5.41 Å². The predicted molar refractivity (Wildman–Crippen MR) is 64.0 cm³/mol. The van der Waals surface area contributed by atoms with Gasteiger partial charge in [0.15, 0.2) is 11.1 Å². The van der Waals surface area contributed by atoms with Gasteiger partial charge >= 0.3 is 0 Å². The van der Waals surface area contributed by atoms with Gasteiger partial charge in [0.2, 0.25) is 0 Å². The highest BCUT2D eigenvalue weighted by molar-refractivity contribution is 8.13. The first-order valence-corrected chi connectivity index (χ1v) is 5.88. The minimum atomic E-state index is -0.0568. The van der Waals surface area contributed by atoms with Crippen LogP contribution in [-0.2, 0) is 6.42 Å². The molecule has 0 saturated heterocycles. The number of amidine groups is 1. The smallest absolute Gasteiger partial charge is 0.193 e. The molecule has 5 N–H and O–H groups in total. The van der Waals surface area contributed by atoms with Gasteiger partial charge in [-0.15, -0.1) is 11.3 Å². The normalized spacial score (nSPS) is 9.71. The average molecular weight is 228 g/mol. The fourth-order valence-corrected chi connectivity index (χ4v) is 2.38. The van der Waals surface area contributed by atoms with Crippen LogP contribution in [-0.4, -0.2) is 16.9 Å². The zero-order chi connectivity index (χ0) is 10.4. The van der Waals surface area contributed by atoms with Crippen molar-refractivity contribution in [3.8, 4) is 0 Å². The van der Waals surface area contributed by atoms with Crippen molar-refractivity contribution in [3.63, 3.8) is 0 Å². The molecule has 76 valence electrons. The molecule has 0 amide bonds. The summed E-state index contributed by atoms with van der Waals surface area (Å²) in [6, 6.07) is 4.10. The summed E-state index contributed by atoms with van der Waals surface area (Å²) in [4.78, 5) is 4.93. The van der Waals surface area contributed by atoms with Crippen LogP contribution >= 0.6 is 23.1 Å². The Labute approximate surface area is 90.9 Å². The molecular formula is C8H12N4S2. The lowest BCUT2D eigenvalue weighted by Crippen LogP contribution is -2.23. The van der Waals surface area contributed by atoms with Gasteiger partial charge in [-0.05, 0) is 17.9 Å². The summed E-state index contributed by atoms with van der Waals surface area (Å²) in [5, 5.41) is 9.58. The van der Waals surface area contributed by atoms with Crippen molar-refractivity contribution in [3.05, 3.63) is 22.4 Å². The van der Waals surface area contributed by atoms with Crippen LogP contribution in [0.1, 0.15) is 4.88 Å². The van der Waals surface area contributed by atoms with Crippen molar-refractivity contribution >= 4 is 34.2 Å². The fourth-order valence-electron chi connectivity index (χ4n) is 0.853. The molecule has 1 heterocycles. The van der Waals surface area contributed by atoms with E-state index in [0.29, 0.717) is 0 Å². The second kappa shape index (κ2) is 5.66. The van der Waals surface area contributed by atoms with Crippen LogP contribution in [0.15, 0.2) is 22.5 Å². The second-order valence-corrected chi connectivity index (χ2v) is 4.64. The summed E-state index contributed by atoms with van der Waals surface area (Å²) in [5.41, 5.74) is 10.3. The van der Waals surface area contributed by atoms with E-state index in [1.54, 1.807) is 11.3 Å². The van der Waals surface area contributed by atoms with E-state index in [9.17, 15) is 0 Å². The lowest BCUT2D eigenvalue weighted by atomic mass is 10.4. The molecule has 1 aromatic rings. The lowest BCUT2D eigenvalue weighted by molar-refractivity contribution is 1.21. The van der Waals surface area contributed by atoms with Gasteiger partial charge in [-0.1, -0.05) is 17.8 Å². The van der Waals surface area contributed by atoms with Crippen molar-refractivity contribution in [1.82, 2.24) is 0 Å². The summed E-state index contributed by atoms with van der Waals surface area (Å²) in [6.45, 7) is 0. The number of hydrogen-bond acceptors (Lipinski definition) is 3. The van der Waals surface area contributed by atoms with Gasteiger partial charge in [0.25, 0.3) is 0 Å². The molecule has 0 fully saturated rings. The number of guanidine groups is 1. The molecule has 14 heavy (non-hydrogen) atoms. The number of thiophene rings is 1. The molecule has 0 saturated carbocycles. The van der Waals surface area contributed by atoms with Gasteiger partial charge in [0.05, 0.1) is 0 Å². The fraction of sp³-hybridized carbons (Fsp3) is 0.250. The third-order valence-corrected chi connectivity index (χ3v) is 3.11. The van der Waals surface area contributed by atoms with E-state index >= 15 is 0 Å². The summed E-state index contributed by atoms with van der Waals surface area (Å²) in [7, 11) is 0. The maximum atomic E-state index is 7.37. The summed E-state index contributed by atoms with van der Waals surface area (Å²) in [5.74, 6) is 0.773. The van der Waals surface area contributed by atoms with E-state index in [1.165, 1.54) is 16.6 Å². The second-order valence-electron chi connectivity index (χ2n) is 2.52. The van der Waals surface area contributed by atoms with E-state index < -0.39 is 0 Å². The number of aryl methyl sites for hydroxylation is 1. The molecule has 0 atom stereocenters. The molecule has 0 aliphatic carbocycles. The van der Waals surface area contributed by atoms with Gasteiger partial charge in [-0.25, -0.2) is 0 Å². The highest BCUT2D eigenvalue weighted by Gasteiger charge is 1.98. The zero-order valence-electron chi connectivity index (χ0n) is 7.56. The quantitative estimate of drug-likeness (QED) is 0.537. The topological polar surface area (TPSA) is 88.2 Å². The molecule has 0 radical (unpaired) electrons. The van der Waals surface area contributed by atoms with Gasteiger partial charge in [-0.3, -0.25) is 5.41 Å². The van der Waals surface area contributed by atoms with Gasteiger partial charge in [0, 0.05) is 10.6 Å². The van der Waals surface area contributed by atoms with Crippen molar-refractivity contribution in [2.45, 2.75) is 6.42 Å². The Kier molecular flexibility index (Phi) is 4.48. The average Bonchev–Trinajstić information content (AvgIpc) is 2.55. The number of hydrogen-bond donors (Lipinski definition) is 3. The van der Waals surface area contributed by atoms with E-state index in [1.807, 2.05) is 11.4 Å². The van der Waals surface area contributed by atoms with Crippen molar-refractivity contribution < 1.29 is 0 Å². The van der Waals surface area contributed by atoms with E-state index in [0.717, 1.165) is 12.2 Å². The van der Waals surface area contributed by atoms with Crippen LogP contribution in [0.25, 0.3) is 0 Å². The Morgan fingerprint density at radius 2 is 2.36 bits per heavy atom. The first-order chi connectivity index (χ1) is 6.68. The van der Waals surface area contributed by atoms with Crippen LogP contribution < -0.4 is 11.5 Å². The molecule has 6 heteroatoms. The highest BCUT2D eigenvalue weighted by Crippen LogP contribution is 2.13. The summed E-state index contributed by atoms with van der Waals surface area (Å²) < 4.78 is 0. The Morgan fingerprint density at radius 3 is 2.93 bits per heavy atom. The zero-order valence-corrected chi connectivity index (χ0v) is 9.20. The minimum Gasteiger partial charge on any atom is -0.370 e. The molecule has 0 unspecified atom stereocenters. The summed E-state index contributed by atoms with van der Waals surface area (Å²) >= 11 is 3.06. The monoisotopic (exact) mass is 228 g/mol. The lowest BCUT2D eigenvalue weighted by Gasteiger charge is -1.97. The van der Waals surface area contributed by atoms with Crippen molar-refractivity contribution in [2.24, 2.45) is 16.5 Å². The number of rotatable bonds is 3. The number of thioether (sulfide) groups is 1. The Morgan fingerprint density at radius 1 is 1.57 bits per heavy atom. The first kappa shape index (κ1) is 11.1. The SMILES string of the molecule is N=C(N=C(N)N)SCCc1cccs1. The third-order valence-electron chi connectivity index (χ3n) is 1.40. The number of nitrogens with one attached hydrogen (secondary N) is 1. The molecule has 1 rings (SSSR count). The van der Waals surface area contributed by atoms with E-state index in [-0.39, 0.29) is 11.1 Å². The van der Waals surface area contributed by atoms with Crippen LogP contribution in [0.2, 0.25) is 0 Å². The van der Waals surface area contributed by atoms with Crippen LogP contribution in [0.4, 0.5) is 0 Å². The van der Waals surface area contributed by atoms with Gasteiger partial charge in [0.1, 0.15) is 0 Å². The molecule has 0 spiro atoms. The maximum Gasteiger partial charge on any atom is 0.193 e. The Balaban J connectivity index is 2.22. The summed E-state index contributed by atoms with van der Waals surface area (Å²) in [6.07, 6.45) is 0.949. The van der Waals surface area contributed by atoms with Crippen LogP contribution in [0.3, 0.4) is 0 Å². The predicted octanol–water partition coefficient (Wildman–Crippen LogP) is 1.23. The molecule has 0 aliphatic rings. The minimum absolute atomic E-state index is 0.0568. The molecule has 1 aromatic heterocycles. The maximum absolute atomic E-state index is 7.37. The van der Waals surface area contributed by atoms with Crippen molar-refractivity contribution in [2.75, 3.05) is 5.75 Å². The molecule has 4 nitrogen and oxygen atoms in total. The number of aliphatic imine (C=N–C) groups is 1. The van der Waals surface area contributed by atoms with Gasteiger partial charge in [-0.2, -0.15) is 4.99 Å². The first-order valence-electron chi connectivity index (χ1n) is 4.02. The van der Waals surface area contributed by atoms with Gasteiger partial charge < -0.3 is 11.5 Å². The standard InChI is InChI=1S/C8H12N4S2/c9-7(10)12-8(11)14-5-3-6-2-1-4-13-6/h1-2,4H,3,5H2,(H5,9,10,11,12). The third kappa shape index (κ3) is 4.29. The van der Waals surface area contributed by atoms with E-state index in [4.69, 9.17) is 16.9 Å². The number of nitrogens with zero attached hydrogens (tertiary/aromatic N) is 1. The van der Waals surface area contributed by atoms with Crippen LogP contribution in [0, 0.1) is 5.41 Å². The Hall–Kier alpha value is -1.01. The van der Waals surface area contributed by atoms with E-state index in [2.05, 4.69) is 11.1 Å². The molecular weight excluding hydrogens is 216 g/mol. The highest BCUT2D eigenvalue weighted by atomic mass is 32.2. The van der Waals surface area contributed by atoms with Crippen LogP contribution in [0.5, 0.6) is 0 Å². The largest absolute Gasteiger partial charge is 0.370 e. The number of nitrogens with two attached hydrogens (primary N) is 2. The Bertz CT molecular complexity index is 314. The molecule has 0 bridgehead atoms. The molecule has 0 aromatic carbocycles.